The van der Waals surface area contributed by atoms with Crippen LogP contribution in [0.2, 0.25) is 0 Å². The molecule has 2 heteroatoms. The van der Waals surface area contributed by atoms with Crippen molar-refractivity contribution in [3.05, 3.63) is 0 Å². The van der Waals surface area contributed by atoms with Crippen LogP contribution >= 0.6 is 0 Å². The van der Waals surface area contributed by atoms with Gasteiger partial charge in [-0.2, -0.15) is 0 Å². The summed E-state index contributed by atoms with van der Waals surface area (Å²) in [4.78, 5) is 0. The summed E-state index contributed by atoms with van der Waals surface area (Å²) in [6.45, 7) is 15.2. The fraction of sp³-hybridized carbons (Fsp3) is 1.00. The van der Waals surface area contributed by atoms with Crippen molar-refractivity contribution in [1.29, 1.82) is 0 Å². The van der Waals surface area contributed by atoms with Crippen molar-refractivity contribution in [3.63, 3.8) is 0 Å². The summed E-state index contributed by atoms with van der Waals surface area (Å²) < 4.78 is 5.46. The maximum atomic E-state index is 5.46. The molecular formula is C13H29NO. The van der Waals surface area contributed by atoms with Crippen LogP contribution in [-0.4, -0.2) is 26.3 Å². The lowest BCUT2D eigenvalue weighted by atomic mass is 9.76. The molecule has 0 bridgehead atoms. The molecule has 0 aromatic carbocycles. The minimum absolute atomic E-state index is 0.365. The van der Waals surface area contributed by atoms with Gasteiger partial charge in [-0.05, 0) is 37.6 Å². The van der Waals surface area contributed by atoms with Gasteiger partial charge in [0.2, 0.25) is 0 Å². The number of hydrogen-bond donors (Lipinski definition) is 1. The van der Waals surface area contributed by atoms with Gasteiger partial charge in [-0.1, -0.05) is 27.7 Å². The van der Waals surface area contributed by atoms with Crippen LogP contribution in [-0.2, 0) is 4.74 Å². The predicted octanol–water partition coefficient (Wildman–Crippen LogP) is 3.07. The highest BCUT2D eigenvalue weighted by molar-refractivity contribution is 4.80. The van der Waals surface area contributed by atoms with Gasteiger partial charge in [-0.15, -0.1) is 0 Å². The number of rotatable bonds is 9. The summed E-state index contributed by atoms with van der Waals surface area (Å²) in [6.07, 6.45) is 2.36. The fourth-order valence-electron chi connectivity index (χ4n) is 1.58. The molecule has 0 aromatic heterocycles. The van der Waals surface area contributed by atoms with E-state index >= 15 is 0 Å². The molecule has 0 saturated carbocycles. The van der Waals surface area contributed by atoms with E-state index < -0.39 is 0 Å². The Balaban J connectivity index is 3.95. The van der Waals surface area contributed by atoms with E-state index in [1.165, 1.54) is 6.42 Å². The molecule has 15 heavy (non-hydrogen) atoms. The summed E-state index contributed by atoms with van der Waals surface area (Å²) in [5, 5.41) is 3.53. The first-order chi connectivity index (χ1) is 7.06. The van der Waals surface area contributed by atoms with E-state index in [9.17, 15) is 0 Å². The molecule has 0 fully saturated rings. The van der Waals surface area contributed by atoms with Crippen LogP contribution in [0, 0.1) is 11.3 Å². The zero-order chi connectivity index (χ0) is 11.7. The quantitative estimate of drug-likeness (QED) is 0.597. The van der Waals surface area contributed by atoms with Crippen molar-refractivity contribution < 1.29 is 4.74 Å². The van der Waals surface area contributed by atoms with E-state index in [-0.39, 0.29) is 0 Å². The molecule has 0 aromatic rings. The van der Waals surface area contributed by atoms with Crippen molar-refractivity contribution in [2.75, 3.05) is 26.3 Å². The van der Waals surface area contributed by atoms with Crippen LogP contribution in [0.3, 0.4) is 0 Å². The summed E-state index contributed by atoms with van der Waals surface area (Å²) in [5.41, 5.74) is 0.365. The van der Waals surface area contributed by atoms with Gasteiger partial charge in [-0.3, -0.25) is 0 Å². The second-order valence-electron chi connectivity index (χ2n) is 4.93. The molecule has 2 nitrogen and oxygen atoms in total. The fourth-order valence-corrected chi connectivity index (χ4v) is 1.58. The molecule has 0 heterocycles. The van der Waals surface area contributed by atoms with Gasteiger partial charge < -0.3 is 10.1 Å². The molecule has 0 aliphatic carbocycles. The minimum atomic E-state index is 0.365. The van der Waals surface area contributed by atoms with Crippen LogP contribution in [0.5, 0.6) is 0 Å². The lowest BCUT2D eigenvalue weighted by Crippen LogP contribution is -2.37. The standard InChI is InChI=1S/C13H29NO/c1-6-9-14-11-13(5,12(3)4)8-10-15-7-2/h12,14H,6-11H2,1-5H3. The highest BCUT2D eigenvalue weighted by Gasteiger charge is 2.27. The Labute approximate surface area is 95.8 Å². The Kier molecular flexibility index (Phi) is 8.07. The number of ether oxygens (including phenoxy) is 1. The van der Waals surface area contributed by atoms with E-state index in [1.807, 2.05) is 0 Å². The third kappa shape index (κ3) is 6.16. The molecule has 0 aliphatic heterocycles. The molecule has 0 spiro atoms. The Bertz CT molecular complexity index is 135. The van der Waals surface area contributed by atoms with Gasteiger partial charge in [0, 0.05) is 19.8 Å². The average molecular weight is 215 g/mol. The first kappa shape index (κ1) is 14.9. The maximum Gasteiger partial charge on any atom is 0.0471 e. The lowest BCUT2D eigenvalue weighted by Gasteiger charge is -2.34. The predicted molar refractivity (Wildman–Crippen MR) is 67.2 cm³/mol. The Hall–Kier alpha value is -0.0800. The van der Waals surface area contributed by atoms with E-state index in [4.69, 9.17) is 4.74 Å². The topological polar surface area (TPSA) is 21.3 Å². The van der Waals surface area contributed by atoms with Gasteiger partial charge in [0.15, 0.2) is 0 Å². The summed E-state index contributed by atoms with van der Waals surface area (Å²) in [5.74, 6) is 0.697. The average Bonchev–Trinajstić information content (AvgIpc) is 2.18. The summed E-state index contributed by atoms with van der Waals surface area (Å²) in [6, 6.07) is 0. The molecule has 0 amide bonds. The molecule has 92 valence electrons. The molecule has 0 saturated heterocycles. The van der Waals surface area contributed by atoms with Crippen LogP contribution in [0.15, 0.2) is 0 Å². The van der Waals surface area contributed by atoms with Gasteiger partial charge in [-0.25, -0.2) is 0 Å². The summed E-state index contributed by atoms with van der Waals surface area (Å²) >= 11 is 0. The Morgan fingerprint density at radius 3 is 2.40 bits per heavy atom. The monoisotopic (exact) mass is 215 g/mol. The van der Waals surface area contributed by atoms with Crippen molar-refractivity contribution in [2.24, 2.45) is 11.3 Å². The van der Waals surface area contributed by atoms with Crippen molar-refractivity contribution in [1.82, 2.24) is 5.32 Å². The molecule has 0 rings (SSSR count). The van der Waals surface area contributed by atoms with Crippen molar-refractivity contribution in [3.8, 4) is 0 Å². The molecule has 0 aliphatic rings. The van der Waals surface area contributed by atoms with Crippen LogP contribution in [0.25, 0.3) is 0 Å². The third-order valence-electron chi connectivity index (χ3n) is 3.37. The number of hydrogen-bond acceptors (Lipinski definition) is 2. The second-order valence-corrected chi connectivity index (χ2v) is 4.93. The largest absolute Gasteiger partial charge is 0.382 e. The van der Waals surface area contributed by atoms with Crippen molar-refractivity contribution >= 4 is 0 Å². The van der Waals surface area contributed by atoms with E-state index in [0.717, 1.165) is 32.7 Å². The van der Waals surface area contributed by atoms with E-state index in [0.29, 0.717) is 11.3 Å². The molecule has 1 N–H and O–H groups in total. The first-order valence-electron chi connectivity index (χ1n) is 6.35. The first-order valence-corrected chi connectivity index (χ1v) is 6.35. The van der Waals surface area contributed by atoms with Crippen LogP contribution in [0.4, 0.5) is 0 Å². The highest BCUT2D eigenvalue weighted by Crippen LogP contribution is 2.30. The van der Waals surface area contributed by atoms with E-state index in [2.05, 4.69) is 39.9 Å². The zero-order valence-corrected chi connectivity index (χ0v) is 11.2. The van der Waals surface area contributed by atoms with Gasteiger partial charge in [0.25, 0.3) is 0 Å². The second kappa shape index (κ2) is 8.12. The Morgan fingerprint density at radius 1 is 1.27 bits per heavy atom. The van der Waals surface area contributed by atoms with Crippen molar-refractivity contribution in [2.45, 2.75) is 47.5 Å². The van der Waals surface area contributed by atoms with Crippen LogP contribution < -0.4 is 5.32 Å². The van der Waals surface area contributed by atoms with Gasteiger partial charge >= 0.3 is 0 Å². The smallest absolute Gasteiger partial charge is 0.0471 e. The summed E-state index contributed by atoms with van der Waals surface area (Å²) in [7, 11) is 0. The van der Waals surface area contributed by atoms with Crippen LogP contribution in [0.1, 0.15) is 47.5 Å². The molecule has 1 atom stereocenters. The minimum Gasteiger partial charge on any atom is -0.382 e. The highest BCUT2D eigenvalue weighted by atomic mass is 16.5. The zero-order valence-electron chi connectivity index (χ0n) is 11.2. The third-order valence-corrected chi connectivity index (χ3v) is 3.37. The molecule has 0 radical (unpaired) electrons. The van der Waals surface area contributed by atoms with Gasteiger partial charge in [0.05, 0.1) is 0 Å². The van der Waals surface area contributed by atoms with Gasteiger partial charge in [0.1, 0.15) is 0 Å². The Morgan fingerprint density at radius 2 is 1.93 bits per heavy atom. The molecule has 1 unspecified atom stereocenters. The number of nitrogens with one attached hydrogen (secondary N) is 1. The normalized spacial score (nSPS) is 15.6. The SMILES string of the molecule is CCCNCC(C)(CCOCC)C(C)C. The maximum absolute atomic E-state index is 5.46. The lowest BCUT2D eigenvalue weighted by molar-refractivity contribution is 0.0864. The van der Waals surface area contributed by atoms with E-state index in [1.54, 1.807) is 0 Å². The molecular weight excluding hydrogens is 186 g/mol.